The van der Waals surface area contributed by atoms with Crippen molar-refractivity contribution in [2.75, 3.05) is 7.05 Å². The largest absolute Gasteiger partial charge is 0.416 e. The standard InChI is InChI=1S/C13H19Cl.C8H5F3O.C7H15NO/c1-3-5-11(6-4-2)12-7-9-13(14)10-8-12;9-8(10,11)7-3-1-6(5-12)2-4-7;1-5(2)7(8-4)6(3)9/h7-11H,3-6H2,1-2H3;1-5H;5,7-8H,1-4H3. The fourth-order valence-corrected chi connectivity index (χ4v) is 3.79. The molecule has 2 aromatic carbocycles. The average Bonchev–Trinajstić information content (AvgIpc) is 2.80. The molecule has 0 heterocycles. The first-order chi connectivity index (χ1) is 16.4. The van der Waals surface area contributed by atoms with Crippen LogP contribution in [0.1, 0.15) is 87.7 Å². The van der Waals surface area contributed by atoms with Gasteiger partial charge in [0.1, 0.15) is 12.1 Å². The third-order valence-corrected chi connectivity index (χ3v) is 5.66. The quantitative estimate of drug-likeness (QED) is 0.342. The van der Waals surface area contributed by atoms with Crippen molar-refractivity contribution in [2.45, 2.75) is 78.4 Å². The normalized spacial score (nSPS) is 11.8. The molecule has 35 heavy (non-hydrogen) atoms. The van der Waals surface area contributed by atoms with Crippen molar-refractivity contribution in [3.63, 3.8) is 0 Å². The number of carbonyl (C=O) groups is 2. The minimum Gasteiger partial charge on any atom is -0.310 e. The fraction of sp³-hybridized carbons (Fsp3) is 0.500. The molecule has 7 heteroatoms. The first kappa shape index (κ1) is 32.8. The number of aldehydes is 1. The minimum atomic E-state index is -4.33. The van der Waals surface area contributed by atoms with Crippen molar-refractivity contribution in [1.29, 1.82) is 0 Å². The summed E-state index contributed by atoms with van der Waals surface area (Å²) >= 11 is 5.87. The zero-order valence-electron chi connectivity index (χ0n) is 21.6. The number of rotatable bonds is 9. The van der Waals surface area contributed by atoms with Gasteiger partial charge >= 0.3 is 6.18 Å². The number of Topliss-reactive ketones (excluding diaryl/α,β-unsaturated/α-hetero) is 1. The van der Waals surface area contributed by atoms with E-state index in [0.717, 1.165) is 35.2 Å². The van der Waals surface area contributed by atoms with E-state index in [4.69, 9.17) is 11.6 Å². The Labute approximate surface area is 213 Å². The SMILES string of the molecule is CCCC(CCC)c1ccc(Cl)cc1.CNC(C(C)=O)C(C)C.O=Cc1ccc(C(F)(F)F)cc1. The second kappa shape index (κ2) is 17.3. The van der Waals surface area contributed by atoms with Gasteiger partial charge in [0.25, 0.3) is 0 Å². The molecule has 0 fully saturated rings. The molecule has 0 spiro atoms. The highest BCUT2D eigenvalue weighted by Crippen LogP contribution is 2.29. The van der Waals surface area contributed by atoms with Gasteiger partial charge in [0.15, 0.2) is 0 Å². The molecule has 0 aromatic heterocycles. The third-order valence-electron chi connectivity index (χ3n) is 5.41. The van der Waals surface area contributed by atoms with E-state index in [0.29, 0.717) is 12.2 Å². The van der Waals surface area contributed by atoms with Crippen LogP contribution in [0.15, 0.2) is 48.5 Å². The van der Waals surface area contributed by atoms with E-state index in [2.05, 4.69) is 31.3 Å². The Balaban J connectivity index is 0.000000509. The molecule has 1 unspecified atom stereocenters. The molecule has 0 aliphatic heterocycles. The second-order valence-electron chi connectivity index (χ2n) is 8.68. The van der Waals surface area contributed by atoms with Crippen LogP contribution in [-0.4, -0.2) is 25.2 Å². The van der Waals surface area contributed by atoms with E-state index in [-0.39, 0.29) is 17.4 Å². The number of likely N-dealkylation sites (N-methyl/N-ethyl adjacent to an activating group) is 1. The zero-order valence-corrected chi connectivity index (χ0v) is 22.3. The van der Waals surface area contributed by atoms with Gasteiger partial charge in [-0.1, -0.05) is 76.4 Å². The number of benzene rings is 2. The predicted molar refractivity (Wildman–Crippen MR) is 139 cm³/mol. The summed E-state index contributed by atoms with van der Waals surface area (Å²) in [6, 6.07) is 12.4. The number of carbonyl (C=O) groups excluding carboxylic acids is 2. The van der Waals surface area contributed by atoms with Crippen LogP contribution in [0.2, 0.25) is 5.02 Å². The van der Waals surface area contributed by atoms with Gasteiger partial charge in [0, 0.05) is 10.6 Å². The molecule has 0 aliphatic rings. The Morgan fingerprint density at radius 1 is 0.971 bits per heavy atom. The van der Waals surface area contributed by atoms with Crippen molar-refractivity contribution < 1.29 is 22.8 Å². The topological polar surface area (TPSA) is 46.2 Å². The van der Waals surface area contributed by atoms with Gasteiger partial charge in [-0.05, 0) is 68.5 Å². The van der Waals surface area contributed by atoms with E-state index < -0.39 is 11.7 Å². The summed E-state index contributed by atoms with van der Waals surface area (Å²) < 4.78 is 35.8. The van der Waals surface area contributed by atoms with Gasteiger partial charge in [-0.3, -0.25) is 9.59 Å². The van der Waals surface area contributed by atoms with Crippen molar-refractivity contribution in [1.82, 2.24) is 5.32 Å². The summed E-state index contributed by atoms with van der Waals surface area (Å²) in [7, 11) is 1.81. The lowest BCUT2D eigenvalue weighted by molar-refractivity contribution is -0.137. The van der Waals surface area contributed by atoms with E-state index in [1.165, 1.54) is 31.2 Å². The molecule has 0 amide bonds. The first-order valence-electron chi connectivity index (χ1n) is 12.0. The van der Waals surface area contributed by atoms with E-state index >= 15 is 0 Å². The van der Waals surface area contributed by atoms with Gasteiger partial charge in [0.05, 0.1) is 11.6 Å². The lowest BCUT2D eigenvalue weighted by Gasteiger charge is -2.15. The lowest BCUT2D eigenvalue weighted by Crippen LogP contribution is -2.36. The number of hydrogen-bond acceptors (Lipinski definition) is 3. The molecule has 0 bridgehead atoms. The van der Waals surface area contributed by atoms with Crippen LogP contribution in [0.4, 0.5) is 13.2 Å². The van der Waals surface area contributed by atoms with Crippen molar-refractivity contribution in [3.8, 4) is 0 Å². The van der Waals surface area contributed by atoms with Gasteiger partial charge in [-0.25, -0.2) is 0 Å². The maximum Gasteiger partial charge on any atom is 0.416 e. The molecule has 0 saturated heterocycles. The maximum atomic E-state index is 11.9. The summed E-state index contributed by atoms with van der Waals surface area (Å²) in [6.45, 7) is 10.2. The summed E-state index contributed by atoms with van der Waals surface area (Å²) in [4.78, 5) is 20.8. The molecule has 2 aromatic rings. The maximum absolute atomic E-state index is 11.9. The smallest absolute Gasteiger partial charge is 0.310 e. The Morgan fingerprint density at radius 3 is 1.74 bits per heavy atom. The second-order valence-corrected chi connectivity index (χ2v) is 9.12. The molecule has 196 valence electrons. The van der Waals surface area contributed by atoms with Gasteiger partial charge in [0.2, 0.25) is 0 Å². The highest BCUT2D eigenvalue weighted by Gasteiger charge is 2.29. The summed E-state index contributed by atoms with van der Waals surface area (Å²) in [5, 5.41) is 3.79. The molecule has 0 aliphatic carbocycles. The molecule has 1 atom stereocenters. The lowest BCUT2D eigenvalue weighted by atomic mass is 9.90. The van der Waals surface area contributed by atoms with Gasteiger partial charge < -0.3 is 5.32 Å². The zero-order chi connectivity index (χ0) is 27.0. The molecule has 1 N–H and O–H groups in total. The molecule has 0 radical (unpaired) electrons. The van der Waals surface area contributed by atoms with Gasteiger partial charge in [-0.15, -0.1) is 0 Å². The number of nitrogens with one attached hydrogen (secondary N) is 1. The Kier molecular flexibility index (Phi) is 16.2. The van der Waals surface area contributed by atoms with Crippen molar-refractivity contribution >= 4 is 23.7 Å². The van der Waals surface area contributed by atoms with E-state index in [1.54, 1.807) is 6.92 Å². The monoisotopic (exact) mass is 513 g/mol. The highest BCUT2D eigenvalue weighted by atomic mass is 35.5. The summed E-state index contributed by atoms with van der Waals surface area (Å²) in [5.41, 5.74) is 0.939. The summed E-state index contributed by atoms with van der Waals surface area (Å²) in [6.07, 6.45) is 1.26. The number of alkyl halides is 3. The third kappa shape index (κ3) is 13.5. The molecule has 2 rings (SSSR count). The van der Waals surface area contributed by atoms with Crippen LogP contribution in [0.25, 0.3) is 0 Å². The summed E-state index contributed by atoms with van der Waals surface area (Å²) in [5.74, 6) is 1.34. The fourth-order valence-electron chi connectivity index (χ4n) is 3.67. The Morgan fingerprint density at radius 2 is 1.46 bits per heavy atom. The van der Waals surface area contributed by atoms with Crippen LogP contribution in [-0.2, 0) is 11.0 Å². The average molecular weight is 514 g/mol. The first-order valence-corrected chi connectivity index (χ1v) is 12.3. The Hall–Kier alpha value is -2.18. The van der Waals surface area contributed by atoms with Crippen LogP contribution in [0.3, 0.4) is 0 Å². The number of hydrogen-bond donors (Lipinski definition) is 1. The van der Waals surface area contributed by atoms with Crippen molar-refractivity contribution in [3.05, 3.63) is 70.2 Å². The van der Waals surface area contributed by atoms with Crippen molar-refractivity contribution in [2.24, 2.45) is 5.92 Å². The minimum absolute atomic E-state index is 0.0324. The molecule has 0 saturated carbocycles. The van der Waals surface area contributed by atoms with Crippen LogP contribution < -0.4 is 5.32 Å². The molecular weight excluding hydrogens is 475 g/mol. The highest BCUT2D eigenvalue weighted by molar-refractivity contribution is 6.30. The van der Waals surface area contributed by atoms with E-state index in [1.807, 2.05) is 33.0 Å². The Bertz CT molecular complexity index is 844. The van der Waals surface area contributed by atoms with Gasteiger partial charge in [-0.2, -0.15) is 13.2 Å². The van der Waals surface area contributed by atoms with Crippen LogP contribution in [0, 0.1) is 5.92 Å². The predicted octanol–water partition coefficient (Wildman–Crippen LogP) is 8.36. The van der Waals surface area contributed by atoms with Crippen LogP contribution >= 0.6 is 11.6 Å². The van der Waals surface area contributed by atoms with Crippen LogP contribution in [0.5, 0.6) is 0 Å². The molecular formula is C28H39ClF3NO2. The molecule has 3 nitrogen and oxygen atoms in total. The van der Waals surface area contributed by atoms with E-state index in [9.17, 15) is 22.8 Å². The number of halogens is 4. The number of ketones is 1.